The van der Waals surface area contributed by atoms with Crippen LogP contribution in [-0.4, -0.2) is 21.5 Å². The molecule has 0 radical (unpaired) electrons. The number of Topliss-reactive ketones (excluding diaryl/α,β-unsaturated/α-hetero) is 1. The molecule has 1 aliphatic heterocycles. The van der Waals surface area contributed by atoms with Crippen molar-refractivity contribution in [2.75, 3.05) is 0 Å². The number of aliphatic imine (C=N–C) groups is 1. The van der Waals surface area contributed by atoms with Gasteiger partial charge >= 0.3 is 6.18 Å². The fourth-order valence-corrected chi connectivity index (χ4v) is 5.12. The van der Waals surface area contributed by atoms with Crippen LogP contribution >= 0.6 is 11.3 Å². The van der Waals surface area contributed by atoms with Crippen LogP contribution in [-0.2, 0) is 19.1 Å². The van der Waals surface area contributed by atoms with E-state index in [4.69, 9.17) is 0 Å². The minimum absolute atomic E-state index is 0.0280. The number of rotatable bonds is 6. The Labute approximate surface area is 209 Å². The third-order valence-corrected chi connectivity index (χ3v) is 7.03. The zero-order valence-electron chi connectivity index (χ0n) is 19.2. The molecule has 0 unspecified atom stereocenters. The summed E-state index contributed by atoms with van der Waals surface area (Å²) in [5.41, 5.74) is 4.87. The summed E-state index contributed by atoms with van der Waals surface area (Å²) >= 11 is 1.39. The SMILES string of the molecule is Cc1nc(CC(=O)c2cccc(C(F)(F)F)c2)sc1-c1ccc2c(c1)CN=C2/C=C/c1ccccn1. The first-order valence-corrected chi connectivity index (χ1v) is 12.0. The fourth-order valence-electron chi connectivity index (χ4n) is 4.06. The first-order valence-electron chi connectivity index (χ1n) is 11.2. The summed E-state index contributed by atoms with van der Waals surface area (Å²) in [7, 11) is 0. The number of ketones is 1. The lowest BCUT2D eigenvalue weighted by atomic mass is 10.0. The maximum absolute atomic E-state index is 13.0. The number of alkyl halides is 3. The van der Waals surface area contributed by atoms with Crippen molar-refractivity contribution in [3.05, 3.63) is 112 Å². The second-order valence-corrected chi connectivity index (χ2v) is 9.45. The molecule has 0 bridgehead atoms. The highest BCUT2D eigenvalue weighted by Gasteiger charge is 2.31. The monoisotopic (exact) mass is 503 g/mol. The molecule has 5 rings (SSSR count). The topological polar surface area (TPSA) is 55.2 Å². The van der Waals surface area contributed by atoms with Crippen LogP contribution in [0.3, 0.4) is 0 Å². The quantitative estimate of drug-likeness (QED) is 0.267. The number of aryl methyl sites for hydroxylation is 1. The van der Waals surface area contributed by atoms with Crippen LogP contribution in [0, 0.1) is 6.92 Å². The van der Waals surface area contributed by atoms with E-state index in [1.807, 2.05) is 49.4 Å². The number of carbonyl (C=O) groups excluding carboxylic acids is 1. The Morgan fingerprint density at radius 2 is 1.92 bits per heavy atom. The molecule has 0 fully saturated rings. The highest BCUT2D eigenvalue weighted by molar-refractivity contribution is 7.15. The highest BCUT2D eigenvalue weighted by atomic mass is 32.1. The van der Waals surface area contributed by atoms with Crippen LogP contribution in [0.2, 0.25) is 0 Å². The number of benzene rings is 2. The van der Waals surface area contributed by atoms with E-state index in [1.165, 1.54) is 23.5 Å². The van der Waals surface area contributed by atoms with Gasteiger partial charge in [-0.2, -0.15) is 13.2 Å². The molecular weight excluding hydrogens is 483 g/mol. The van der Waals surface area contributed by atoms with Crippen LogP contribution in [0.25, 0.3) is 16.5 Å². The number of pyridine rings is 1. The van der Waals surface area contributed by atoms with Crippen LogP contribution in [0.5, 0.6) is 0 Å². The van der Waals surface area contributed by atoms with Crippen LogP contribution in [0.4, 0.5) is 13.2 Å². The zero-order valence-corrected chi connectivity index (χ0v) is 20.0. The molecule has 0 amide bonds. The van der Waals surface area contributed by atoms with E-state index in [-0.39, 0.29) is 12.0 Å². The van der Waals surface area contributed by atoms with Crippen LogP contribution in [0.1, 0.15) is 43.4 Å². The largest absolute Gasteiger partial charge is 0.416 e. The number of nitrogens with zero attached hydrogens (tertiary/aromatic N) is 3. The zero-order chi connectivity index (χ0) is 25.3. The number of fused-ring (bicyclic) bond motifs is 1. The molecule has 2 aromatic carbocycles. The van der Waals surface area contributed by atoms with Gasteiger partial charge in [0.05, 0.1) is 40.5 Å². The van der Waals surface area contributed by atoms with Gasteiger partial charge in [0.15, 0.2) is 5.78 Å². The summed E-state index contributed by atoms with van der Waals surface area (Å²) in [6.45, 7) is 2.44. The van der Waals surface area contributed by atoms with Gasteiger partial charge in [0.1, 0.15) is 5.01 Å². The van der Waals surface area contributed by atoms with Crippen molar-refractivity contribution in [2.24, 2.45) is 4.99 Å². The first kappa shape index (κ1) is 23.8. The smallest absolute Gasteiger partial charge is 0.294 e. The Hall–Kier alpha value is -3.91. The highest BCUT2D eigenvalue weighted by Crippen LogP contribution is 2.34. The second kappa shape index (κ2) is 9.62. The number of thiazole rings is 1. The van der Waals surface area contributed by atoms with Gasteiger partial charge in [0, 0.05) is 17.3 Å². The van der Waals surface area contributed by atoms with E-state index in [9.17, 15) is 18.0 Å². The number of hydrogen-bond donors (Lipinski definition) is 0. The lowest BCUT2D eigenvalue weighted by Gasteiger charge is -2.07. The summed E-state index contributed by atoms with van der Waals surface area (Å²) in [5.74, 6) is -0.395. The average molecular weight is 504 g/mol. The molecule has 4 nitrogen and oxygen atoms in total. The van der Waals surface area contributed by atoms with E-state index >= 15 is 0 Å². The van der Waals surface area contributed by atoms with E-state index < -0.39 is 17.5 Å². The Balaban J connectivity index is 1.33. The molecule has 1 aliphatic rings. The molecule has 2 aromatic heterocycles. The molecule has 180 valence electrons. The molecular formula is C28H20F3N3OS. The fraction of sp³-hybridized carbons (Fsp3) is 0.143. The minimum Gasteiger partial charge on any atom is -0.294 e. The summed E-state index contributed by atoms with van der Waals surface area (Å²) in [6.07, 6.45) is 1.09. The molecule has 3 heterocycles. The molecule has 0 saturated heterocycles. The normalized spacial score (nSPS) is 13.2. The van der Waals surface area contributed by atoms with E-state index in [0.29, 0.717) is 11.6 Å². The molecule has 0 saturated carbocycles. The Morgan fingerprint density at radius 3 is 2.69 bits per heavy atom. The second-order valence-electron chi connectivity index (χ2n) is 8.36. The van der Waals surface area contributed by atoms with E-state index in [0.717, 1.165) is 50.8 Å². The van der Waals surface area contributed by atoms with E-state index in [2.05, 4.69) is 21.0 Å². The van der Waals surface area contributed by atoms with Crippen molar-refractivity contribution in [1.82, 2.24) is 9.97 Å². The van der Waals surface area contributed by atoms with Crippen molar-refractivity contribution >= 4 is 28.9 Å². The average Bonchev–Trinajstić information content (AvgIpc) is 3.45. The Kier molecular flexibility index (Phi) is 6.36. The van der Waals surface area contributed by atoms with Crippen LogP contribution < -0.4 is 0 Å². The summed E-state index contributed by atoms with van der Waals surface area (Å²) in [4.78, 5) is 27.1. The van der Waals surface area contributed by atoms with Gasteiger partial charge in [0.2, 0.25) is 0 Å². The van der Waals surface area contributed by atoms with Gasteiger partial charge in [-0.15, -0.1) is 11.3 Å². The number of hydrogen-bond acceptors (Lipinski definition) is 5. The van der Waals surface area contributed by atoms with Gasteiger partial charge in [-0.1, -0.05) is 30.3 Å². The minimum atomic E-state index is -4.49. The maximum atomic E-state index is 13.0. The standard InChI is InChI=1S/C28H20F3N3OS/c1-17-27(36-26(34-17)15-25(35)18-5-4-6-21(14-18)28(29,30)31)19-8-10-23-20(13-19)16-33-24(23)11-9-22-7-2-3-12-32-22/h2-14H,15-16H2,1H3/b11-9+. The van der Waals surface area contributed by atoms with Crippen molar-refractivity contribution < 1.29 is 18.0 Å². The Morgan fingerprint density at radius 1 is 1.06 bits per heavy atom. The van der Waals surface area contributed by atoms with Crippen molar-refractivity contribution in [3.8, 4) is 10.4 Å². The summed E-state index contributed by atoms with van der Waals surface area (Å²) in [6, 6.07) is 16.4. The van der Waals surface area contributed by atoms with E-state index in [1.54, 1.807) is 6.20 Å². The van der Waals surface area contributed by atoms with Gasteiger partial charge in [-0.05, 0) is 60.5 Å². The molecule has 0 aliphatic carbocycles. The molecule has 0 atom stereocenters. The number of carbonyl (C=O) groups is 1. The lowest BCUT2D eigenvalue weighted by Crippen LogP contribution is -2.08. The summed E-state index contributed by atoms with van der Waals surface area (Å²) < 4.78 is 39.0. The van der Waals surface area contributed by atoms with Gasteiger partial charge in [0.25, 0.3) is 0 Å². The first-order chi connectivity index (χ1) is 17.3. The molecule has 0 spiro atoms. The predicted octanol–water partition coefficient (Wildman–Crippen LogP) is 6.97. The van der Waals surface area contributed by atoms with Gasteiger partial charge < -0.3 is 0 Å². The number of aromatic nitrogens is 2. The maximum Gasteiger partial charge on any atom is 0.416 e. The lowest BCUT2D eigenvalue weighted by molar-refractivity contribution is -0.137. The number of halogens is 3. The summed E-state index contributed by atoms with van der Waals surface area (Å²) in [5, 5.41) is 0.570. The van der Waals surface area contributed by atoms with Gasteiger partial charge in [-0.3, -0.25) is 14.8 Å². The molecule has 8 heteroatoms. The van der Waals surface area contributed by atoms with Crippen LogP contribution in [0.15, 0.2) is 77.9 Å². The van der Waals surface area contributed by atoms with Crippen molar-refractivity contribution in [2.45, 2.75) is 26.1 Å². The third kappa shape index (κ3) is 5.04. The van der Waals surface area contributed by atoms with Gasteiger partial charge in [-0.25, -0.2) is 4.98 Å². The third-order valence-electron chi connectivity index (χ3n) is 5.83. The number of allylic oxidation sites excluding steroid dienone is 1. The van der Waals surface area contributed by atoms with Crippen molar-refractivity contribution in [1.29, 1.82) is 0 Å². The molecule has 36 heavy (non-hydrogen) atoms. The Bertz CT molecular complexity index is 1500. The predicted molar refractivity (Wildman–Crippen MR) is 135 cm³/mol. The van der Waals surface area contributed by atoms with Crippen molar-refractivity contribution in [3.63, 3.8) is 0 Å². The molecule has 0 N–H and O–H groups in total. The molecule has 4 aromatic rings.